The second-order valence-corrected chi connectivity index (χ2v) is 7.12. The van der Waals surface area contributed by atoms with E-state index in [9.17, 15) is 0 Å². The lowest BCUT2D eigenvalue weighted by Gasteiger charge is -2.26. The Kier molecular flexibility index (Phi) is 6.11. The van der Waals surface area contributed by atoms with E-state index < -0.39 is 0 Å². The molecule has 0 saturated heterocycles. The largest absolute Gasteiger partial charge is 0.159 e. The molecule has 0 atom stereocenters. The van der Waals surface area contributed by atoms with Crippen molar-refractivity contribution in [3.63, 3.8) is 0 Å². The van der Waals surface area contributed by atoms with Crippen LogP contribution in [0.5, 0.6) is 0 Å². The average molecular weight is 202 g/mol. The van der Waals surface area contributed by atoms with Gasteiger partial charge in [0.2, 0.25) is 0 Å². The van der Waals surface area contributed by atoms with Gasteiger partial charge in [-0.25, -0.2) is 0 Å². The third-order valence-corrected chi connectivity index (χ3v) is 3.30. The molecule has 0 amide bonds. The summed E-state index contributed by atoms with van der Waals surface area (Å²) in [5.41, 5.74) is 0.538. The fourth-order valence-corrected chi connectivity index (χ4v) is 2.92. The number of hydrogen-bond donors (Lipinski definition) is 0. The van der Waals surface area contributed by atoms with E-state index >= 15 is 0 Å². The van der Waals surface area contributed by atoms with E-state index in [0.29, 0.717) is 5.41 Å². The van der Waals surface area contributed by atoms with Crippen LogP contribution >= 0.6 is 11.8 Å². The highest BCUT2D eigenvalue weighted by molar-refractivity contribution is 7.99. The summed E-state index contributed by atoms with van der Waals surface area (Å²) < 4.78 is 0. The van der Waals surface area contributed by atoms with Gasteiger partial charge in [0, 0.05) is 0 Å². The molecule has 0 aromatic rings. The summed E-state index contributed by atoms with van der Waals surface area (Å²) in [4.78, 5) is 0. The van der Waals surface area contributed by atoms with Crippen molar-refractivity contribution in [2.45, 2.75) is 59.6 Å². The van der Waals surface area contributed by atoms with Crippen molar-refractivity contribution in [1.82, 2.24) is 0 Å². The van der Waals surface area contributed by atoms with Crippen molar-refractivity contribution < 1.29 is 0 Å². The molecule has 0 aromatic heterocycles. The number of rotatable bonds is 6. The van der Waals surface area contributed by atoms with Gasteiger partial charge in [-0.2, -0.15) is 11.8 Å². The zero-order valence-electron chi connectivity index (χ0n) is 10.2. The Balaban J connectivity index is 3.62. The molecule has 13 heavy (non-hydrogen) atoms. The Morgan fingerprint density at radius 2 is 1.62 bits per heavy atom. The van der Waals surface area contributed by atoms with E-state index in [1.54, 1.807) is 0 Å². The van der Waals surface area contributed by atoms with Gasteiger partial charge in [-0.3, -0.25) is 0 Å². The van der Waals surface area contributed by atoms with E-state index in [2.05, 4.69) is 53.3 Å². The second kappa shape index (κ2) is 5.95. The molecule has 80 valence electrons. The predicted octanol–water partition coefficient (Wildman–Crippen LogP) is 4.59. The van der Waals surface area contributed by atoms with Gasteiger partial charge in [0.15, 0.2) is 0 Å². The van der Waals surface area contributed by atoms with Crippen LogP contribution in [0.4, 0.5) is 0 Å². The first kappa shape index (κ1) is 13.4. The molecule has 0 heterocycles. The fraction of sp³-hybridized carbons (Fsp3) is 1.00. The first-order chi connectivity index (χ1) is 5.83. The van der Waals surface area contributed by atoms with Crippen LogP contribution in [0.1, 0.15) is 54.4 Å². The quantitative estimate of drug-likeness (QED) is 0.607. The summed E-state index contributed by atoms with van der Waals surface area (Å²) in [6.07, 6.45) is 2.71. The fourth-order valence-electron chi connectivity index (χ4n) is 1.78. The average Bonchev–Trinajstić information content (AvgIpc) is 1.81. The Bertz CT molecular complexity index is 125. The van der Waals surface area contributed by atoms with Crippen LogP contribution in [0, 0.1) is 11.3 Å². The van der Waals surface area contributed by atoms with Gasteiger partial charge in [0.1, 0.15) is 0 Å². The van der Waals surface area contributed by atoms with E-state index in [-0.39, 0.29) is 0 Å². The third-order valence-electron chi connectivity index (χ3n) is 2.19. The maximum atomic E-state index is 2.40. The van der Waals surface area contributed by atoms with E-state index in [4.69, 9.17) is 0 Å². The van der Waals surface area contributed by atoms with Crippen LogP contribution in [0.15, 0.2) is 0 Å². The van der Waals surface area contributed by atoms with Crippen molar-refractivity contribution in [2.24, 2.45) is 11.3 Å². The molecule has 0 bridgehead atoms. The molecule has 0 aromatic carbocycles. The van der Waals surface area contributed by atoms with E-state index in [0.717, 1.165) is 11.2 Å². The van der Waals surface area contributed by atoms with Crippen molar-refractivity contribution >= 4 is 11.8 Å². The van der Waals surface area contributed by atoms with Crippen molar-refractivity contribution in [3.05, 3.63) is 0 Å². The zero-order valence-corrected chi connectivity index (χ0v) is 11.0. The minimum Gasteiger partial charge on any atom is -0.159 e. The van der Waals surface area contributed by atoms with Crippen LogP contribution in [0.3, 0.4) is 0 Å². The molecule has 0 spiro atoms. The van der Waals surface area contributed by atoms with Gasteiger partial charge in [0.05, 0.1) is 0 Å². The normalized spacial score (nSPS) is 12.9. The summed E-state index contributed by atoms with van der Waals surface area (Å²) in [5, 5.41) is 0.787. The van der Waals surface area contributed by atoms with Crippen LogP contribution < -0.4 is 0 Å². The smallest absolute Gasteiger partial charge is 0.000968 e. The topological polar surface area (TPSA) is 0 Å². The highest BCUT2D eigenvalue weighted by Gasteiger charge is 2.18. The van der Waals surface area contributed by atoms with E-state index in [1.165, 1.54) is 18.6 Å². The molecule has 0 aliphatic heterocycles. The minimum absolute atomic E-state index is 0.538. The van der Waals surface area contributed by atoms with Crippen LogP contribution in [0.25, 0.3) is 0 Å². The predicted molar refractivity (Wildman–Crippen MR) is 65.4 cm³/mol. The molecule has 0 aliphatic rings. The van der Waals surface area contributed by atoms with Gasteiger partial charge in [-0.05, 0) is 35.2 Å². The molecule has 0 aliphatic carbocycles. The Morgan fingerprint density at radius 3 is 2.00 bits per heavy atom. The molecule has 0 nitrogen and oxygen atoms in total. The SMILES string of the molecule is CC(C)CC(C)(C)CCSC(C)C. The Hall–Kier alpha value is 0.350. The molecule has 0 fully saturated rings. The van der Waals surface area contributed by atoms with Crippen molar-refractivity contribution in [2.75, 3.05) is 5.75 Å². The molecular weight excluding hydrogens is 176 g/mol. The first-order valence-electron chi connectivity index (χ1n) is 5.45. The first-order valence-corrected chi connectivity index (χ1v) is 6.50. The zero-order chi connectivity index (χ0) is 10.5. The third kappa shape index (κ3) is 8.67. The maximum Gasteiger partial charge on any atom is -0.000968 e. The molecule has 0 rings (SSSR count). The summed E-state index contributed by atoms with van der Waals surface area (Å²) in [6.45, 7) is 14.0. The monoisotopic (exact) mass is 202 g/mol. The van der Waals surface area contributed by atoms with E-state index in [1.807, 2.05) is 0 Å². The highest BCUT2D eigenvalue weighted by Crippen LogP contribution is 2.31. The number of hydrogen-bond acceptors (Lipinski definition) is 1. The summed E-state index contributed by atoms with van der Waals surface area (Å²) in [5.74, 6) is 2.15. The van der Waals surface area contributed by atoms with Gasteiger partial charge in [-0.15, -0.1) is 0 Å². The molecule has 1 heteroatoms. The minimum atomic E-state index is 0.538. The molecule has 0 saturated carbocycles. The van der Waals surface area contributed by atoms with Crippen molar-refractivity contribution in [3.8, 4) is 0 Å². The standard InChI is InChI=1S/C12H26S/c1-10(2)9-12(5,6)7-8-13-11(3)4/h10-11H,7-9H2,1-6H3. The van der Waals surface area contributed by atoms with Crippen LogP contribution in [-0.4, -0.2) is 11.0 Å². The lowest BCUT2D eigenvalue weighted by atomic mass is 9.82. The van der Waals surface area contributed by atoms with Gasteiger partial charge in [-0.1, -0.05) is 41.5 Å². The van der Waals surface area contributed by atoms with Gasteiger partial charge < -0.3 is 0 Å². The molecular formula is C12H26S. The lowest BCUT2D eigenvalue weighted by molar-refractivity contribution is 0.279. The lowest BCUT2D eigenvalue weighted by Crippen LogP contribution is -2.15. The summed E-state index contributed by atoms with van der Waals surface area (Å²) >= 11 is 2.09. The van der Waals surface area contributed by atoms with Crippen molar-refractivity contribution in [1.29, 1.82) is 0 Å². The Morgan fingerprint density at radius 1 is 1.08 bits per heavy atom. The number of thioether (sulfide) groups is 1. The van der Waals surface area contributed by atoms with Crippen LogP contribution in [0.2, 0.25) is 0 Å². The van der Waals surface area contributed by atoms with Crippen LogP contribution in [-0.2, 0) is 0 Å². The van der Waals surface area contributed by atoms with Gasteiger partial charge in [0.25, 0.3) is 0 Å². The summed E-state index contributed by atoms with van der Waals surface area (Å²) in [7, 11) is 0. The Labute approximate surface area is 88.9 Å². The molecule has 0 N–H and O–H groups in total. The molecule has 0 unspecified atom stereocenters. The molecule has 0 radical (unpaired) electrons. The summed E-state index contributed by atoms with van der Waals surface area (Å²) in [6, 6.07) is 0. The maximum absolute atomic E-state index is 2.40. The highest BCUT2D eigenvalue weighted by atomic mass is 32.2. The second-order valence-electron chi connectivity index (χ2n) is 5.43. The van der Waals surface area contributed by atoms with Gasteiger partial charge >= 0.3 is 0 Å².